The summed E-state index contributed by atoms with van der Waals surface area (Å²) in [6, 6.07) is 22.8. The number of hydrogen-bond acceptors (Lipinski definition) is 4. The topological polar surface area (TPSA) is 62.4 Å². The van der Waals surface area contributed by atoms with Gasteiger partial charge in [-0.05, 0) is 95.1 Å². The summed E-state index contributed by atoms with van der Waals surface area (Å²) in [7, 11) is 0. The van der Waals surface area contributed by atoms with Crippen LogP contribution in [-0.2, 0) is 0 Å². The number of para-hydroxylation sites is 1. The number of halogens is 1. The lowest BCUT2D eigenvalue weighted by atomic mass is 10.1. The van der Waals surface area contributed by atoms with E-state index in [-0.39, 0.29) is 11.0 Å². The van der Waals surface area contributed by atoms with Gasteiger partial charge in [-0.3, -0.25) is 10.1 Å². The fourth-order valence-corrected chi connectivity index (χ4v) is 3.53. The molecule has 3 aromatic carbocycles. The predicted octanol–water partition coefficient (Wildman–Crippen LogP) is 6.74. The van der Waals surface area contributed by atoms with E-state index in [4.69, 9.17) is 17.0 Å². The molecule has 5 nitrogen and oxygen atoms in total. The van der Waals surface area contributed by atoms with Gasteiger partial charge >= 0.3 is 0 Å². The molecule has 0 heterocycles. The maximum absolute atomic E-state index is 12.6. The number of hydrogen-bond donors (Lipinski definition) is 3. The number of carbonyl (C=O) groups is 1. The lowest BCUT2D eigenvalue weighted by Crippen LogP contribution is -2.34. The summed E-state index contributed by atoms with van der Waals surface area (Å²) in [4.78, 5) is 12.6. The highest BCUT2D eigenvalue weighted by molar-refractivity contribution is 9.10. The standard InChI is InChI=1S/C25H26BrN3O2S/c1-17(2)14-15-31-23-13-8-18(16-22(23)26)24(30)29-25(32)28-21-11-9-20(10-12-21)27-19-6-4-3-5-7-19/h3-13,16-17,27H,14-15H2,1-2H3,(H2,28,29,30,32). The summed E-state index contributed by atoms with van der Waals surface area (Å²) in [5.74, 6) is 0.995. The number of anilines is 3. The normalized spacial score (nSPS) is 10.5. The Morgan fingerprint density at radius 3 is 2.28 bits per heavy atom. The van der Waals surface area contributed by atoms with E-state index in [1.807, 2.05) is 54.6 Å². The van der Waals surface area contributed by atoms with Crippen LogP contribution in [-0.4, -0.2) is 17.6 Å². The van der Waals surface area contributed by atoms with Crippen molar-refractivity contribution in [2.75, 3.05) is 17.2 Å². The van der Waals surface area contributed by atoms with Crippen molar-refractivity contribution in [2.24, 2.45) is 5.92 Å². The second-order valence-corrected chi connectivity index (χ2v) is 8.92. The van der Waals surface area contributed by atoms with E-state index in [0.717, 1.165) is 28.0 Å². The number of nitrogens with one attached hydrogen (secondary N) is 3. The summed E-state index contributed by atoms with van der Waals surface area (Å²) in [6.07, 6.45) is 0.970. The lowest BCUT2D eigenvalue weighted by Gasteiger charge is -2.13. The molecule has 0 radical (unpaired) electrons. The molecular formula is C25H26BrN3O2S. The summed E-state index contributed by atoms with van der Waals surface area (Å²) in [5.41, 5.74) is 3.24. The Kier molecular flexibility index (Phi) is 8.64. The zero-order chi connectivity index (χ0) is 22.9. The predicted molar refractivity (Wildman–Crippen MR) is 139 cm³/mol. The molecule has 32 heavy (non-hydrogen) atoms. The molecule has 0 bridgehead atoms. The van der Waals surface area contributed by atoms with Gasteiger partial charge in [-0.15, -0.1) is 0 Å². The monoisotopic (exact) mass is 511 g/mol. The largest absolute Gasteiger partial charge is 0.492 e. The molecule has 3 rings (SSSR count). The summed E-state index contributed by atoms with van der Waals surface area (Å²) < 4.78 is 6.50. The molecule has 0 aliphatic carbocycles. The van der Waals surface area contributed by atoms with Gasteiger partial charge in [-0.2, -0.15) is 0 Å². The summed E-state index contributed by atoms with van der Waals surface area (Å²) >= 11 is 8.77. The van der Waals surface area contributed by atoms with Gasteiger partial charge < -0.3 is 15.4 Å². The number of ether oxygens (including phenoxy) is 1. The Balaban J connectivity index is 1.52. The highest BCUT2D eigenvalue weighted by Crippen LogP contribution is 2.26. The van der Waals surface area contributed by atoms with Crippen molar-refractivity contribution in [3.8, 4) is 5.75 Å². The van der Waals surface area contributed by atoms with Crippen molar-refractivity contribution < 1.29 is 9.53 Å². The van der Waals surface area contributed by atoms with Crippen LogP contribution in [0.25, 0.3) is 0 Å². The Labute approximate surface area is 202 Å². The molecule has 0 aliphatic rings. The average Bonchev–Trinajstić information content (AvgIpc) is 2.76. The van der Waals surface area contributed by atoms with Crippen molar-refractivity contribution in [1.82, 2.24) is 5.32 Å². The molecule has 0 saturated carbocycles. The molecule has 0 fully saturated rings. The van der Waals surface area contributed by atoms with E-state index >= 15 is 0 Å². The second kappa shape index (κ2) is 11.6. The van der Waals surface area contributed by atoms with E-state index in [1.54, 1.807) is 18.2 Å². The number of amides is 1. The third kappa shape index (κ3) is 7.35. The summed E-state index contributed by atoms with van der Waals surface area (Å²) in [6.45, 7) is 4.94. The van der Waals surface area contributed by atoms with Crippen LogP contribution in [0.3, 0.4) is 0 Å². The summed E-state index contributed by atoms with van der Waals surface area (Å²) in [5, 5.41) is 9.29. The highest BCUT2D eigenvalue weighted by Gasteiger charge is 2.11. The van der Waals surface area contributed by atoms with Gasteiger partial charge in [-0.25, -0.2) is 0 Å². The van der Waals surface area contributed by atoms with Crippen molar-refractivity contribution in [3.05, 3.63) is 82.8 Å². The van der Waals surface area contributed by atoms with Gasteiger partial charge in [0, 0.05) is 22.6 Å². The van der Waals surface area contributed by atoms with Crippen LogP contribution in [0.5, 0.6) is 5.75 Å². The first kappa shape index (κ1) is 23.8. The first-order valence-electron chi connectivity index (χ1n) is 10.4. The van der Waals surface area contributed by atoms with Crippen molar-refractivity contribution in [3.63, 3.8) is 0 Å². The van der Waals surface area contributed by atoms with Gasteiger partial charge in [0.2, 0.25) is 0 Å². The molecule has 0 unspecified atom stereocenters. The Morgan fingerprint density at radius 1 is 0.969 bits per heavy atom. The van der Waals surface area contributed by atoms with Gasteiger partial charge in [0.1, 0.15) is 5.75 Å². The third-order valence-corrected chi connectivity index (χ3v) is 5.40. The van der Waals surface area contributed by atoms with Crippen molar-refractivity contribution in [2.45, 2.75) is 20.3 Å². The minimum Gasteiger partial charge on any atom is -0.492 e. The van der Waals surface area contributed by atoms with Gasteiger partial charge in [0.25, 0.3) is 5.91 Å². The maximum Gasteiger partial charge on any atom is 0.257 e. The third-order valence-electron chi connectivity index (χ3n) is 4.58. The van der Waals surface area contributed by atoms with Gasteiger partial charge in [0.15, 0.2) is 5.11 Å². The smallest absolute Gasteiger partial charge is 0.257 e. The van der Waals surface area contributed by atoms with Gasteiger partial charge in [-0.1, -0.05) is 32.0 Å². The lowest BCUT2D eigenvalue weighted by molar-refractivity contribution is 0.0977. The fraction of sp³-hybridized carbons (Fsp3) is 0.200. The van der Waals surface area contributed by atoms with Crippen LogP contribution in [0.15, 0.2) is 77.3 Å². The van der Waals surface area contributed by atoms with Crippen LogP contribution in [0.1, 0.15) is 30.6 Å². The number of rotatable bonds is 8. The van der Waals surface area contributed by atoms with Crippen molar-refractivity contribution >= 4 is 56.2 Å². The molecule has 0 atom stereocenters. The molecule has 0 aliphatic heterocycles. The number of benzene rings is 3. The number of carbonyl (C=O) groups excluding carboxylic acids is 1. The van der Waals surface area contributed by atoms with Crippen LogP contribution in [0.2, 0.25) is 0 Å². The molecule has 1 amide bonds. The van der Waals surface area contributed by atoms with Crippen LogP contribution in [0, 0.1) is 5.92 Å². The zero-order valence-electron chi connectivity index (χ0n) is 18.0. The molecule has 0 aromatic heterocycles. The van der Waals surface area contributed by atoms with E-state index in [0.29, 0.717) is 23.8 Å². The zero-order valence-corrected chi connectivity index (χ0v) is 20.4. The second-order valence-electron chi connectivity index (χ2n) is 7.65. The first-order chi connectivity index (χ1) is 15.4. The molecule has 166 valence electrons. The number of thiocarbonyl (C=S) groups is 1. The quantitative estimate of drug-likeness (QED) is 0.292. The minimum atomic E-state index is -0.292. The van der Waals surface area contributed by atoms with Crippen LogP contribution in [0.4, 0.5) is 17.1 Å². The Morgan fingerprint density at radius 2 is 1.62 bits per heavy atom. The SMILES string of the molecule is CC(C)CCOc1ccc(C(=O)NC(=S)Nc2ccc(Nc3ccccc3)cc2)cc1Br. The minimum absolute atomic E-state index is 0.229. The molecule has 0 saturated heterocycles. The van der Waals surface area contributed by atoms with Crippen LogP contribution >= 0.6 is 28.1 Å². The molecule has 3 N–H and O–H groups in total. The van der Waals surface area contributed by atoms with Crippen molar-refractivity contribution in [1.29, 1.82) is 0 Å². The van der Waals surface area contributed by atoms with Crippen LogP contribution < -0.4 is 20.7 Å². The molecule has 3 aromatic rings. The van der Waals surface area contributed by atoms with E-state index in [1.165, 1.54) is 0 Å². The molecular weight excluding hydrogens is 486 g/mol. The van der Waals surface area contributed by atoms with E-state index < -0.39 is 0 Å². The fourth-order valence-electron chi connectivity index (χ4n) is 2.83. The maximum atomic E-state index is 12.6. The Bertz CT molecular complexity index is 1060. The van der Waals surface area contributed by atoms with E-state index in [9.17, 15) is 4.79 Å². The Hall–Kier alpha value is -2.90. The first-order valence-corrected chi connectivity index (χ1v) is 11.6. The van der Waals surface area contributed by atoms with E-state index in [2.05, 4.69) is 45.7 Å². The highest BCUT2D eigenvalue weighted by atomic mass is 79.9. The van der Waals surface area contributed by atoms with Gasteiger partial charge in [0.05, 0.1) is 11.1 Å². The molecule has 0 spiro atoms. The average molecular weight is 512 g/mol. The molecule has 7 heteroatoms.